The number of carbonyl (C=O) groups is 1. The summed E-state index contributed by atoms with van der Waals surface area (Å²) in [5, 5.41) is 3.07. The fourth-order valence-corrected chi connectivity index (χ4v) is 2.06. The standard InChI is InChI=1S/C13H19N3O2/c1-18-10-4-5-11(14)12(8-10)15-9-13(17)16-6-2-3-7-16/h4-5,8,15H,2-3,6-7,9,14H2,1H3. The summed E-state index contributed by atoms with van der Waals surface area (Å²) in [5.74, 6) is 0.843. The van der Waals surface area contributed by atoms with Crippen molar-refractivity contribution in [2.75, 3.05) is 37.8 Å². The lowest BCUT2D eigenvalue weighted by atomic mass is 10.2. The minimum absolute atomic E-state index is 0.120. The maximum atomic E-state index is 11.9. The first-order chi connectivity index (χ1) is 8.70. The van der Waals surface area contributed by atoms with Crippen molar-refractivity contribution in [3.05, 3.63) is 18.2 Å². The van der Waals surface area contributed by atoms with Gasteiger partial charge in [-0.15, -0.1) is 0 Å². The summed E-state index contributed by atoms with van der Waals surface area (Å²) in [4.78, 5) is 13.8. The zero-order chi connectivity index (χ0) is 13.0. The Balaban J connectivity index is 1.94. The molecule has 2 rings (SSSR count). The second-order valence-electron chi connectivity index (χ2n) is 4.39. The molecule has 1 saturated heterocycles. The Morgan fingerprint density at radius 3 is 2.83 bits per heavy atom. The van der Waals surface area contributed by atoms with Gasteiger partial charge in [0.25, 0.3) is 0 Å². The second-order valence-corrected chi connectivity index (χ2v) is 4.39. The Labute approximate surface area is 107 Å². The lowest BCUT2D eigenvalue weighted by Gasteiger charge is -2.17. The van der Waals surface area contributed by atoms with Crippen molar-refractivity contribution >= 4 is 17.3 Å². The van der Waals surface area contributed by atoms with Crippen molar-refractivity contribution in [1.82, 2.24) is 4.90 Å². The average Bonchev–Trinajstić information content (AvgIpc) is 2.91. The van der Waals surface area contributed by atoms with E-state index < -0.39 is 0 Å². The summed E-state index contributed by atoms with van der Waals surface area (Å²) >= 11 is 0. The van der Waals surface area contributed by atoms with Crippen molar-refractivity contribution in [3.8, 4) is 5.75 Å². The summed E-state index contributed by atoms with van der Waals surface area (Å²) < 4.78 is 5.13. The van der Waals surface area contributed by atoms with E-state index in [4.69, 9.17) is 10.5 Å². The quantitative estimate of drug-likeness (QED) is 0.790. The topological polar surface area (TPSA) is 67.6 Å². The molecule has 1 aliphatic rings. The van der Waals surface area contributed by atoms with Gasteiger partial charge in [0.15, 0.2) is 0 Å². The fraction of sp³-hybridized carbons (Fsp3) is 0.462. The number of methoxy groups -OCH3 is 1. The number of carbonyl (C=O) groups excluding carboxylic acids is 1. The third-order valence-electron chi connectivity index (χ3n) is 3.15. The number of nitrogens with zero attached hydrogens (tertiary/aromatic N) is 1. The lowest BCUT2D eigenvalue weighted by Crippen LogP contribution is -2.33. The highest BCUT2D eigenvalue weighted by molar-refractivity contribution is 5.82. The Morgan fingerprint density at radius 1 is 1.44 bits per heavy atom. The molecule has 98 valence electrons. The number of likely N-dealkylation sites (tertiary alicyclic amines) is 1. The number of anilines is 2. The molecule has 0 unspecified atom stereocenters. The minimum atomic E-state index is 0.120. The van der Waals surface area contributed by atoms with Crippen LogP contribution in [0.4, 0.5) is 11.4 Å². The molecule has 0 radical (unpaired) electrons. The van der Waals surface area contributed by atoms with E-state index in [1.165, 1.54) is 0 Å². The number of amides is 1. The van der Waals surface area contributed by atoms with Crippen LogP contribution < -0.4 is 15.8 Å². The molecule has 1 aliphatic heterocycles. The number of rotatable bonds is 4. The molecule has 1 amide bonds. The van der Waals surface area contributed by atoms with Gasteiger partial charge in [-0.2, -0.15) is 0 Å². The predicted octanol–water partition coefficient (Wildman–Crippen LogP) is 1.31. The molecule has 0 bridgehead atoms. The summed E-state index contributed by atoms with van der Waals surface area (Å²) in [6.07, 6.45) is 2.21. The van der Waals surface area contributed by atoms with Crippen molar-refractivity contribution in [3.63, 3.8) is 0 Å². The summed E-state index contributed by atoms with van der Waals surface area (Å²) in [5.41, 5.74) is 7.19. The van der Waals surface area contributed by atoms with Crippen molar-refractivity contribution < 1.29 is 9.53 Å². The first-order valence-corrected chi connectivity index (χ1v) is 6.16. The van der Waals surface area contributed by atoms with Crippen LogP contribution in [0.5, 0.6) is 5.75 Å². The predicted molar refractivity (Wildman–Crippen MR) is 71.7 cm³/mol. The molecule has 1 aromatic rings. The number of ether oxygens (including phenoxy) is 1. The van der Waals surface area contributed by atoms with Crippen LogP contribution in [0.2, 0.25) is 0 Å². The summed E-state index contributed by atoms with van der Waals surface area (Å²) in [7, 11) is 1.60. The smallest absolute Gasteiger partial charge is 0.241 e. The third kappa shape index (κ3) is 2.85. The zero-order valence-electron chi connectivity index (χ0n) is 10.6. The Hall–Kier alpha value is -1.91. The molecule has 0 aromatic heterocycles. The van der Waals surface area contributed by atoms with Crippen LogP contribution in [-0.2, 0) is 4.79 Å². The highest BCUT2D eigenvalue weighted by Crippen LogP contribution is 2.24. The van der Waals surface area contributed by atoms with Crippen LogP contribution in [-0.4, -0.2) is 37.6 Å². The maximum absolute atomic E-state index is 11.9. The van der Waals surface area contributed by atoms with Crippen molar-refractivity contribution in [2.24, 2.45) is 0 Å². The van der Waals surface area contributed by atoms with Crippen LogP contribution in [0, 0.1) is 0 Å². The Bertz CT molecular complexity index is 428. The zero-order valence-corrected chi connectivity index (χ0v) is 10.6. The van der Waals surface area contributed by atoms with E-state index in [9.17, 15) is 4.79 Å². The van der Waals surface area contributed by atoms with Crippen LogP contribution in [0.15, 0.2) is 18.2 Å². The monoisotopic (exact) mass is 249 g/mol. The maximum Gasteiger partial charge on any atom is 0.241 e. The first-order valence-electron chi connectivity index (χ1n) is 6.16. The van der Waals surface area contributed by atoms with Crippen LogP contribution >= 0.6 is 0 Å². The van der Waals surface area contributed by atoms with Gasteiger partial charge in [-0.3, -0.25) is 4.79 Å². The number of hydrogen-bond donors (Lipinski definition) is 2. The largest absolute Gasteiger partial charge is 0.497 e. The summed E-state index contributed by atoms with van der Waals surface area (Å²) in [6.45, 7) is 2.01. The Morgan fingerprint density at radius 2 is 2.17 bits per heavy atom. The van der Waals surface area contributed by atoms with E-state index in [0.717, 1.165) is 37.4 Å². The molecule has 1 aromatic carbocycles. The molecule has 3 N–H and O–H groups in total. The molecule has 0 aliphatic carbocycles. The molecular formula is C13H19N3O2. The molecule has 0 spiro atoms. The SMILES string of the molecule is COc1ccc(N)c(NCC(=O)N2CCCC2)c1. The molecule has 1 fully saturated rings. The van der Waals surface area contributed by atoms with E-state index in [-0.39, 0.29) is 12.5 Å². The van der Waals surface area contributed by atoms with E-state index in [1.807, 2.05) is 4.90 Å². The van der Waals surface area contributed by atoms with Crippen molar-refractivity contribution in [2.45, 2.75) is 12.8 Å². The fourth-order valence-electron chi connectivity index (χ4n) is 2.06. The number of hydrogen-bond acceptors (Lipinski definition) is 4. The lowest BCUT2D eigenvalue weighted by molar-refractivity contribution is -0.128. The molecular weight excluding hydrogens is 230 g/mol. The number of nitrogen functional groups attached to an aromatic ring is 1. The second kappa shape index (κ2) is 5.62. The van der Waals surface area contributed by atoms with Gasteiger partial charge in [-0.25, -0.2) is 0 Å². The summed E-state index contributed by atoms with van der Waals surface area (Å²) in [6, 6.07) is 5.36. The molecule has 1 heterocycles. The van der Waals surface area contributed by atoms with Gasteiger partial charge in [0.1, 0.15) is 5.75 Å². The van der Waals surface area contributed by atoms with Gasteiger partial charge in [0.05, 0.1) is 25.0 Å². The molecule has 0 atom stereocenters. The molecule has 5 nitrogen and oxygen atoms in total. The van der Waals surface area contributed by atoms with E-state index >= 15 is 0 Å². The number of benzene rings is 1. The van der Waals surface area contributed by atoms with Crippen LogP contribution in [0.3, 0.4) is 0 Å². The average molecular weight is 249 g/mol. The van der Waals surface area contributed by atoms with Crippen molar-refractivity contribution in [1.29, 1.82) is 0 Å². The van der Waals surface area contributed by atoms with E-state index in [2.05, 4.69) is 5.32 Å². The van der Waals surface area contributed by atoms with Gasteiger partial charge in [-0.05, 0) is 25.0 Å². The van der Waals surface area contributed by atoms with Gasteiger partial charge < -0.3 is 20.7 Å². The van der Waals surface area contributed by atoms with Gasteiger partial charge in [0.2, 0.25) is 5.91 Å². The highest BCUT2D eigenvalue weighted by Gasteiger charge is 2.17. The van der Waals surface area contributed by atoms with E-state index in [1.54, 1.807) is 25.3 Å². The number of nitrogens with one attached hydrogen (secondary N) is 1. The normalized spacial score (nSPS) is 14.6. The molecule has 5 heteroatoms. The van der Waals surface area contributed by atoms with Crippen LogP contribution in [0.1, 0.15) is 12.8 Å². The first kappa shape index (κ1) is 12.5. The Kier molecular flexibility index (Phi) is 3.92. The molecule has 18 heavy (non-hydrogen) atoms. The minimum Gasteiger partial charge on any atom is -0.497 e. The van der Waals surface area contributed by atoms with Gasteiger partial charge >= 0.3 is 0 Å². The number of nitrogens with two attached hydrogens (primary N) is 1. The third-order valence-corrected chi connectivity index (χ3v) is 3.15. The van der Waals surface area contributed by atoms with Crippen LogP contribution in [0.25, 0.3) is 0 Å². The van der Waals surface area contributed by atoms with E-state index in [0.29, 0.717) is 5.69 Å². The highest BCUT2D eigenvalue weighted by atomic mass is 16.5. The van der Waals surface area contributed by atoms with Gasteiger partial charge in [0, 0.05) is 19.2 Å². The van der Waals surface area contributed by atoms with Gasteiger partial charge in [-0.1, -0.05) is 0 Å². The molecule has 0 saturated carbocycles.